The van der Waals surface area contributed by atoms with Crippen LogP contribution in [0.4, 0.5) is 22.0 Å². The number of allylic oxidation sites excluding steroid dienone is 1. The van der Waals surface area contributed by atoms with Crippen LogP contribution in [0.1, 0.15) is 37.9 Å². The highest BCUT2D eigenvalue weighted by Crippen LogP contribution is 2.56. The van der Waals surface area contributed by atoms with Crippen molar-refractivity contribution < 1.29 is 35.2 Å². The molecule has 2 aliphatic heterocycles. The van der Waals surface area contributed by atoms with Gasteiger partial charge in [0.2, 0.25) is 21.8 Å². The number of hydrogen-bond donors (Lipinski definition) is 1. The second kappa shape index (κ2) is 10.2. The lowest BCUT2D eigenvalue weighted by molar-refractivity contribution is -0.124. The summed E-state index contributed by atoms with van der Waals surface area (Å²) in [4.78, 5) is 23.0. The van der Waals surface area contributed by atoms with Crippen molar-refractivity contribution in [3.8, 4) is 0 Å². The number of aromatic nitrogens is 1. The second-order valence-electron chi connectivity index (χ2n) is 9.66. The fraction of sp³-hybridized carbons (Fsp3) is 0.360. The number of nitrogens with one attached hydrogen (secondary N) is 1. The van der Waals surface area contributed by atoms with E-state index in [4.69, 9.17) is 0 Å². The quantitative estimate of drug-likeness (QED) is 0.306. The van der Waals surface area contributed by atoms with Crippen LogP contribution in [0, 0.1) is 17.6 Å². The molecule has 5 rings (SSSR count). The van der Waals surface area contributed by atoms with Gasteiger partial charge in [0, 0.05) is 17.3 Å². The first kappa shape index (κ1) is 28.5. The van der Waals surface area contributed by atoms with Crippen molar-refractivity contribution in [2.45, 2.75) is 55.9 Å². The molecule has 1 N–H and O–H groups in total. The summed E-state index contributed by atoms with van der Waals surface area (Å²) >= 11 is 0. The maximum Gasteiger partial charge on any atom is 0.451 e. The molecule has 1 aromatic carbocycles. The lowest BCUT2D eigenvalue weighted by Crippen LogP contribution is -2.50. The van der Waals surface area contributed by atoms with Crippen LogP contribution < -0.4 is 5.32 Å². The van der Waals surface area contributed by atoms with E-state index in [1.807, 2.05) is 0 Å². The molecule has 3 fully saturated rings. The highest BCUT2D eigenvalue weighted by atomic mass is 32.2. The summed E-state index contributed by atoms with van der Waals surface area (Å²) in [5.74, 6) is -3.71. The summed E-state index contributed by atoms with van der Waals surface area (Å²) in [5, 5.41) is 2.63. The third kappa shape index (κ3) is 5.48. The zero-order chi connectivity index (χ0) is 28.8. The van der Waals surface area contributed by atoms with E-state index in [0.717, 1.165) is 36.7 Å². The topological polar surface area (TPSA) is 104 Å². The lowest BCUT2D eigenvalue weighted by atomic mass is 9.73. The Balaban J connectivity index is 1.52. The standard InChI is InChI=1S/C25H24F5N5O3S/c1-14(11-34-23(31-3)25(28,29)30)19-8-17(32-13-20(19)27)12-33-22(36)21-15-9-24(2,10-15)35(21)39(37,38)18-6-4-16(26)5-7-18/h4-8,11,13,15,21H,3,9-10,12H2,1-2H3,(H,33,36)/b14-11+,34-23?/t15?,21-,24?/m0/s1. The molecule has 1 atom stereocenters. The van der Waals surface area contributed by atoms with Gasteiger partial charge in [-0.15, -0.1) is 0 Å². The first-order chi connectivity index (χ1) is 18.2. The number of aliphatic imine (C=N–C) groups is 2. The molecule has 1 aliphatic carbocycles. The molecule has 3 heterocycles. The molecule has 2 bridgehead atoms. The maximum atomic E-state index is 14.4. The van der Waals surface area contributed by atoms with Crippen LogP contribution in [0.2, 0.25) is 0 Å². The number of pyridine rings is 1. The monoisotopic (exact) mass is 569 g/mol. The molecular formula is C25H24F5N5O3S. The van der Waals surface area contributed by atoms with Crippen molar-refractivity contribution in [2.75, 3.05) is 0 Å². The maximum absolute atomic E-state index is 14.4. The van der Waals surface area contributed by atoms with Crippen LogP contribution in [0.15, 0.2) is 57.6 Å². The molecule has 0 radical (unpaired) electrons. The van der Waals surface area contributed by atoms with Gasteiger partial charge in [0.15, 0.2) is 0 Å². The number of carbonyl (C=O) groups excluding carboxylic acids is 1. The number of rotatable bonds is 7. The molecule has 8 nitrogen and oxygen atoms in total. The average Bonchev–Trinajstić information content (AvgIpc) is 3.32. The van der Waals surface area contributed by atoms with E-state index in [1.165, 1.54) is 17.3 Å². The van der Waals surface area contributed by atoms with Gasteiger partial charge in [-0.05, 0) is 75.2 Å². The summed E-state index contributed by atoms with van der Waals surface area (Å²) in [7, 11) is -4.12. The van der Waals surface area contributed by atoms with Gasteiger partial charge in [0.25, 0.3) is 0 Å². The molecule has 0 unspecified atom stereocenters. The van der Waals surface area contributed by atoms with E-state index >= 15 is 0 Å². The Labute approximate surface area is 221 Å². The third-order valence-corrected chi connectivity index (χ3v) is 8.89. The van der Waals surface area contributed by atoms with E-state index < -0.39 is 51.2 Å². The number of fused-ring (bicyclic) bond motifs is 1. The van der Waals surface area contributed by atoms with Crippen molar-refractivity contribution in [3.05, 3.63) is 65.6 Å². The molecule has 0 spiro atoms. The SMILES string of the molecule is C=NC(=N/C=C(\C)c1cc(CNC(=O)[C@@H]2C3CC(C)(C3)N2S(=O)(=O)c2ccc(F)cc2)ncc1F)C(F)(F)F. The number of halogens is 5. The molecule has 14 heteroatoms. The molecule has 3 aliphatic rings. The van der Waals surface area contributed by atoms with Crippen molar-refractivity contribution in [1.29, 1.82) is 0 Å². The molecule has 39 heavy (non-hydrogen) atoms. The Bertz CT molecular complexity index is 1470. The van der Waals surface area contributed by atoms with Gasteiger partial charge < -0.3 is 5.32 Å². The van der Waals surface area contributed by atoms with Gasteiger partial charge >= 0.3 is 6.18 Å². The first-order valence-electron chi connectivity index (χ1n) is 11.7. The fourth-order valence-corrected chi connectivity index (χ4v) is 7.08. The summed E-state index contributed by atoms with van der Waals surface area (Å²) in [5.41, 5.74) is -0.647. The smallest absolute Gasteiger partial charge is 0.349 e. The van der Waals surface area contributed by atoms with Gasteiger partial charge in [0.05, 0.1) is 23.3 Å². The average molecular weight is 570 g/mol. The van der Waals surface area contributed by atoms with Crippen LogP contribution in [-0.2, 0) is 21.4 Å². The number of hydrogen-bond acceptors (Lipinski definition) is 5. The Kier molecular flexibility index (Phi) is 7.47. The minimum atomic E-state index is -4.83. The van der Waals surface area contributed by atoms with Gasteiger partial charge in [-0.1, -0.05) is 0 Å². The molecule has 2 aromatic rings. The van der Waals surface area contributed by atoms with Gasteiger partial charge in [-0.2, -0.15) is 17.5 Å². The van der Waals surface area contributed by atoms with Gasteiger partial charge in [-0.25, -0.2) is 27.2 Å². The number of benzene rings is 1. The number of amidine groups is 1. The number of amides is 1. The highest BCUT2D eigenvalue weighted by molar-refractivity contribution is 7.89. The van der Waals surface area contributed by atoms with E-state index in [9.17, 15) is 35.2 Å². The highest BCUT2D eigenvalue weighted by Gasteiger charge is 2.65. The van der Waals surface area contributed by atoms with Gasteiger partial charge in [0.1, 0.15) is 17.7 Å². The largest absolute Gasteiger partial charge is 0.451 e. The predicted molar refractivity (Wildman–Crippen MR) is 133 cm³/mol. The minimum absolute atomic E-state index is 0.0361. The van der Waals surface area contributed by atoms with Crippen molar-refractivity contribution in [3.63, 3.8) is 0 Å². The summed E-state index contributed by atoms with van der Waals surface area (Å²) in [6, 6.07) is 4.59. The Morgan fingerprint density at radius 1 is 1.26 bits per heavy atom. The van der Waals surface area contributed by atoms with Crippen molar-refractivity contribution in [2.24, 2.45) is 15.9 Å². The molecule has 208 valence electrons. The van der Waals surface area contributed by atoms with Crippen LogP contribution in [0.3, 0.4) is 0 Å². The molecule has 1 aromatic heterocycles. The molecule has 1 saturated carbocycles. The zero-order valence-corrected chi connectivity index (χ0v) is 21.7. The summed E-state index contributed by atoms with van der Waals surface area (Å²) in [6.07, 6.45) is -2.22. The third-order valence-electron chi connectivity index (χ3n) is 6.84. The van der Waals surface area contributed by atoms with Crippen molar-refractivity contribution >= 4 is 34.1 Å². The number of nitrogens with zero attached hydrogens (tertiary/aromatic N) is 4. The molecular weight excluding hydrogens is 545 g/mol. The van der Waals surface area contributed by atoms with Crippen LogP contribution in [0.5, 0.6) is 0 Å². The predicted octanol–water partition coefficient (Wildman–Crippen LogP) is 4.24. The van der Waals surface area contributed by atoms with Crippen LogP contribution in [-0.4, -0.2) is 53.9 Å². The number of carbonyl (C=O) groups is 1. The van der Waals surface area contributed by atoms with E-state index in [0.29, 0.717) is 12.8 Å². The normalized spacial score (nSPS) is 23.9. The van der Waals surface area contributed by atoms with E-state index in [-0.39, 0.29) is 34.2 Å². The number of sulfonamides is 1. The Morgan fingerprint density at radius 2 is 1.90 bits per heavy atom. The minimum Gasteiger partial charge on any atom is -0.349 e. The Hall–Kier alpha value is -3.52. The second-order valence-corrected chi connectivity index (χ2v) is 11.5. The molecule has 1 amide bonds. The molecule has 2 saturated heterocycles. The van der Waals surface area contributed by atoms with Gasteiger partial charge in [-0.3, -0.25) is 9.78 Å². The Morgan fingerprint density at radius 3 is 2.49 bits per heavy atom. The summed E-state index contributed by atoms with van der Waals surface area (Å²) < 4.78 is 94.2. The zero-order valence-electron chi connectivity index (χ0n) is 20.8. The van der Waals surface area contributed by atoms with E-state index in [1.54, 1.807) is 6.92 Å². The first-order valence-corrected chi connectivity index (χ1v) is 13.1. The van der Waals surface area contributed by atoms with E-state index in [2.05, 4.69) is 27.0 Å². The lowest BCUT2D eigenvalue weighted by Gasteiger charge is -2.37. The van der Waals surface area contributed by atoms with Crippen molar-refractivity contribution in [1.82, 2.24) is 14.6 Å². The fourth-order valence-electron chi connectivity index (χ4n) is 5.07. The van der Waals surface area contributed by atoms with Crippen LogP contribution in [0.25, 0.3) is 5.57 Å². The summed E-state index contributed by atoms with van der Waals surface area (Å²) in [6.45, 7) is 5.71. The van der Waals surface area contributed by atoms with Crippen LogP contribution >= 0.6 is 0 Å². The number of alkyl halides is 3.